The van der Waals surface area contributed by atoms with E-state index in [1.165, 1.54) is 6.21 Å². The molecule has 6 N–H and O–H groups in total. The standard InChI is InChI=1S/C25H34N6O3/c1-15-9-18(3-6-20(15)25(33)29-19-4-5-19)21(11-26)24-30-22(27-12-16(2)32)10-23(31-24)28-13-17-7-8-34-14-17/h3,6,9-11,16-17,19,26,28,31-32H,4-5,7-8,12-14H2,1-2H3,(H,27,30)(H,29,33)/b24-21+,26-11?/t16?,17-/m1/s1. The van der Waals surface area contributed by atoms with E-state index in [0.717, 1.165) is 56.0 Å². The van der Waals surface area contributed by atoms with Gasteiger partial charge in [-0.1, -0.05) is 12.1 Å². The van der Waals surface area contributed by atoms with Crippen LogP contribution in [0.5, 0.6) is 0 Å². The van der Waals surface area contributed by atoms with Gasteiger partial charge in [-0.3, -0.25) is 4.79 Å². The number of hydrogen-bond donors (Lipinski definition) is 6. The molecule has 1 aliphatic carbocycles. The molecular formula is C25H34N6O3. The topological polar surface area (TPSA) is 131 Å². The zero-order valence-electron chi connectivity index (χ0n) is 19.8. The van der Waals surface area contributed by atoms with Gasteiger partial charge in [-0.2, -0.15) is 0 Å². The summed E-state index contributed by atoms with van der Waals surface area (Å²) in [4.78, 5) is 17.2. The fourth-order valence-corrected chi connectivity index (χ4v) is 3.91. The number of carbonyl (C=O) groups is 1. The molecule has 0 radical (unpaired) electrons. The highest BCUT2D eigenvalue weighted by molar-refractivity contribution is 6.11. The Morgan fingerprint density at radius 3 is 2.82 bits per heavy atom. The third kappa shape index (κ3) is 6.24. The first-order valence-corrected chi connectivity index (χ1v) is 11.9. The number of ether oxygens (including phenoxy) is 1. The smallest absolute Gasteiger partial charge is 0.251 e. The maximum absolute atomic E-state index is 12.5. The molecule has 1 aromatic rings. The summed E-state index contributed by atoms with van der Waals surface area (Å²) in [5.74, 6) is 2.27. The first kappa shape index (κ1) is 24.0. The summed E-state index contributed by atoms with van der Waals surface area (Å²) in [7, 11) is 0. The predicted octanol–water partition coefficient (Wildman–Crippen LogP) is 1.64. The van der Waals surface area contributed by atoms with Crippen LogP contribution in [0.4, 0.5) is 0 Å². The number of nitrogens with zero attached hydrogens (tertiary/aromatic N) is 1. The predicted molar refractivity (Wildman–Crippen MR) is 133 cm³/mol. The number of allylic oxidation sites excluding steroid dienone is 1. The van der Waals surface area contributed by atoms with Gasteiger partial charge >= 0.3 is 0 Å². The summed E-state index contributed by atoms with van der Waals surface area (Å²) in [6.45, 7) is 6.27. The fraction of sp³-hybridized carbons (Fsp3) is 0.480. The number of aliphatic hydroxyl groups is 1. The number of benzene rings is 1. The summed E-state index contributed by atoms with van der Waals surface area (Å²) >= 11 is 0. The van der Waals surface area contributed by atoms with Gasteiger partial charge in [0.05, 0.1) is 12.7 Å². The Labute approximate surface area is 200 Å². The van der Waals surface area contributed by atoms with Crippen molar-refractivity contribution in [3.05, 3.63) is 52.6 Å². The lowest BCUT2D eigenvalue weighted by Gasteiger charge is -2.23. The lowest BCUT2D eigenvalue weighted by molar-refractivity contribution is 0.0950. The van der Waals surface area contributed by atoms with Crippen molar-refractivity contribution in [2.45, 2.75) is 45.3 Å². The molecule has 9 nitrogen and oxygen atoms in total. The molecule has 0 bridgehead atoms. The molecule has 0 aromatic heterocycles. The normalized spacial score (nSPS) is 22.1. The molecule has 9 heteroatoms. The monoisotopic (exact) mass is 466 g/mol. The van der Waals surface area contributed by atoms with Crippen LogP contribution in [0.1, 0.15) is 47.7 Å². The Bertz CT molecular complexity index is 1020. The average molecular weight is 467 g/mol. The van der Waals surface area contributed by atoms with Crippen LogP contribution < -0.4 is 21.3 Å². The molecule has 4 rings (SSSR count). The fourth-order valence-electron chi connectivity index (χ4n) is 3.91. The van der Waals surface area contributed by atoms with E-state index in [1.807, 2.05) is 25.1 Å². The van der Waals surface area contributed by atoms with E-state index >= 15 is 0 Å². The van der Waals surface area contributed by atoms with Crippen molar-refractivity contribution < 1.29 is 14.6 Å². The zero-order valence-corrected chi connectivity index (χ0v) is 19.8. The van der Waals surface area contributed by atoms with Gasteiger partial charge < -0.3 is 36.5 Å². The molecule has 3 aliphatic rings. The number of rotatable bonds is 9. The highest BCUT2D eigenvalue weighted by atomic mass is 16.5. The minimum atomic E-state index is -0.523. The second kappa shape index (κ2) is 10.8. The number of aliphatic hydroxyl groups excluding tert-OH is 1. The van der Waals surface area contributed by atoms with Crippen molar-refractivity contribution >= 4 is 23.5 Å². The number of aliphatic imine (C=N–C) groups is 1. The van der Waals surface area contributed by atoms with Crippen LogP contribution in [0.25, 0.3) is 5.57 Å². The Balaban J connectivity index is 1.58. The van der Waals surface area contributed by atoms with E-state index in [-0.39, 0.29) is 5.91 Å². The molecule has 2 aliphatic heterocycles. The number of hydrogen-bond acceptors (Lipinski definition) is 8. The SMILES string of the molecule is Cc1cc(/C(C=N)=C2\N=C(NCC(C)O)C=C(NC[C@H]3CCOC3)N2)ccc1C(=O)NC1CC1. The highest BCUT2D eigenvalue weighted by Gasteiger charge is 2.25. The average Bonchev–Trinajstić information content (AvgIpc) is 3.46. The summed E-state index contributed by atoms with van der Waals surface area (Å²) < 4.78 is 5.47. The molecule has 0 spiro atoms. The van der Waals surface area contributed by atoms with Gasteiger partial charge in [0.2, 0.25) is 0 Å². The Hall–Kier alpha value is -3.17. The lowest BCUT2D eigenvalue weighted by atomic mass is 9.99. The van der Waals surface area contributed by atoms with E-state index in [4.69, 9.17) is 10.1 Å². The van der Waals surface area contributed by atoms with E-state index < -0.39 is 6.10 Å². The van der Waals surface area contributed by atoms with Crippen LogP contribution in [-0.4, -0.2) is 61.5 Å². The maximum Gasteiger partial charge on any atom is 0.251 e. The Morgan fingerprint density at radius 2 is 2.18 bits per heavy atom. The van der Waals surface area contributed by atoms with Crippen molar-refractivity contribution in [3.63, 3.8) is 0 Å². The first-order valence-electron chi connectivity index (χ1n) is 11.9. The van der Waals surface area contributed by atoms with Gasteiger partial charge in [0.1, 0.15) is 17.5 Å². The van der Waals surface area contributed by atoms with Crippen molar-refractivity contribution in [2.24, 2.45) is 10.9 Å². The van der Waals surface area contributed by atoms with Crippen molar-refractivity contribution in [3.8, 4) is 0 Å². The third-order valence-electron chi connectivity index (χ3n) is 6.04. The minimum absolute atomic E-state index is 0.0562. The largest absolute Gasteiger partial charge is 0.392 e. The highest BCUT2D eigenvalue weighted by Crippen LogP contribution is 2.24. The number of nitrogens with one attached hydrogen (secondary N) is 5. The van der Waals surface area contributed by atoms with E-state index in [9.17, 15) is 9.90 Å². The van der Waals surface area contributed by atoms with E-state index in [2.05, 4.69) is 26.3 Å². The van der Waals surface area contributed by atoms with Crippen LogP contribution in [0.2, 0.25) is 0 Å². The van der Waals surface area contributed by atoms with Gasteiger partial charge in [-0.05, 0) is 50.3 Å². The van der Waals surface area contributed by atoms with Gasteiger partial charge in [0, 0.05) is 55.1 Å². The molecule has 2 heterocycles. The van der Waals surface area contributed by atoms with Crippen LogP contribution >= 0.6 is 0 Å². The number of amides is 1. The molecule has 2 atom stereocenters. The molecule has 1 amide bonds. The van der Waals surface area contributed by atoms with E-state index in [0.29, 0.717) is 41.3 Å². The van der Waals surface area contributed by atoms with Crippen LogP contribution in [0, 0.1) is 18.3 Å². The second-order valence-electron chi connectivity index (χ2n) is 9.20. The third-order valence-corrected chi connectivity index (χ3v) is 6.04. The van der Waals surface area contributed by atoms with Crippen LogP contribution in [-0.2, 0) is 4.74 Å². The van der Waals surface area contributed by atoms with Crippen LogP contribution in [0.15, 0.2) is 40.9 Å². The van der Waals surface area contributed by atoms with Gasteiger partial charge in [0.25, 0.3) is 5.91 Å². The molecule has 2 fully saturated rings. The molecule has 1 unspecified atom stereocenters. The number of amidine groups is 1. The van der Waals surface area contributed by atoms with Crippen LogP contribution in [0.3, 0.4) is 0 Å². The summed E-state index contributed by atoms with van der Waals surface area (Å²) in [6.07, 6.45) is 5.71. The Kier molecular flexibility index (Phi) is 7.64. The summed E-state index contributed by atoms with van der Waals surface area (Å²) in [5, 5.41) is 30.7. The molecule has 182 valence electrons. The molecule has 34 heavy (non-hydrogen) atoms. The Morgan fingerprint density at radius 1 is 1.35 bits per heavy atom. The summed E-state index contributed by atoms with van der Waals surface area (Å²) in [5.41, 5.74) is 2.88. The number of carbonyl (C=O) groups excluding carboxylic acids is 1. The molecule has 1 saturated carbocycles. The van der Waals surface area contributed by atoms with Crippen molar-refractivity contribution in [2.75, 3.05) is 26.3 Å². The van der Waals surface area contributed by atoms with E-state index in [1.54, 1.807) is 13.0 Å². The zero-order chi connectivity index (χ0) is 24.1. The molecular weight excluding hydrogens is 432 g/mol. The van der Waals surface area contributed by atoms with Crippen molar-refractivity contribution in [1.29, 1.82) is 5.41 Å². The first-order chi connectivity index (χ1) is 16.4. The van der Waals surface area contributed by atoms with Gasteiger partial charge in [-0.15, -0.1) is 0 Å². The van der Waals surface area contributed by atoms with Gasteiger partial charge in [0.15, 0.2) is 0 Å². The van der Waals surface area contributed by atoms with Gasteiger partial charge in [-0.25, -0.2) is 4.99 Å². The quantitative estimate of drug-likeness (QED) is 0.307. The van der Waals surface area contributed by atoms with Crippen molar-refractivity contribution in [1.82, 2.24) is 21.3 Å². The summed E-state index contributed by atoms with van der Waals surface area (Å²) in [6, 6.07) is 5.87. The molecule has 1 aromatic carbocycles. The molecule has 1 saturated heterocycles. The lowest BCUT2D eigenvalue weighted by Crippen LogP contribution is -2.38. The second-order valence-corrected chi connectivity index (χ2v) is 9.20. The number of aryl methyl sites for hydroxylation is 1. The maximum atomic E-state index is 12.5. The minimum Gasteiger partial charge on any atom is -0.392 e.